The number of hydrogen-bond acceptors (Lipinski definition) is 0. The summed E-state index contributed by atoms with van der Waals surface area (Å²) >= 11 is 0. The highest BCUT2D eigenvalue weighted by Crippen LogP contribution is 2.54. The van der Waals surface area contributed by atoms with E-state index in [9.17, 15) is 0 Å². The molecular weight excluding hydrogens is 355 g/mol. The van der Waals surface area contributed by atoms with Gasteiger partial charge in [-0.25, -0.2) is 0 Å². The Kier molecular flexibility index (Phi) is 4.02. The molecule has 4 bridgehead atoms. The third-order valence-corrected chi connectivity index (χ3v) is 9.89. The Bertz CT molecular complexity index is 1100. The van der Waals surface area contributed by atoms with Gasteiger partial charge in [-0.3, -0.25) is 0 Å². The molecule has 138 valence electrons. The molecule has 6 rings (SSSR count). The van der Waals surface area contributed by atoms with Crippen molar-refractivity contribution in [3.8, 4) is 11.1 Å². The minimum Gasteiger partial charge on any atom is -0.0945 e. The molecular formula is C27H25P. The van der Waals surface area contributed by atoms with Crippen molar-refractivity contribution in [1.29, 1.82) is 0 Å². The Balaban J connectivity index is 1.65. The van der Waals surface area contributed by atoms with E-state index in [2.05, 4.69) is 72.8 Å². The third kappa shape index (κ3) is 2.78. The fraction of sp³-hybridized carbons (Fsp3) is 0.259. The molecule has 0 atom stereocenters. The first kappa shape index (κ1) is 16.8. The van der Waals surface area contributed by atoms with Gasteiger partial charge in [-0.05, 0) is 74.6 Å². The maximum atomic E-state index is 2.50. The van der Waals surface area contributed by atoms with Crippen LogP contribution < -0.4 is 0 Å². The molecule has 0 amide bonds. The number of hydrogen-bond donors (Lipinski definition) is 0. The molecule has 0 N–H and O–H groups in total. The zero-order valence-corrected chi connectivity index (χ0v) is 17.1. The molecule has 4 aromatic carbocycles. The van der Waals surface area contributed by atoms with Crippen molar-refractivity contribution in [3.63, 3.8) is 0 Å². The predicted octanol–water partition coefficient (Wildman–Crippen LogP) is 8.10. The highest BCUT2D eigenvalue weighted by atomic mass is 31.1. The van der Waals surface area contributed by atoms with E-state index in [0.29, 0.717) is 0 Å². The lowest BCUT2D eigenvalue weighted by atomic mass is 9.93. The molecule has 28 heavy (non-hydrogen) atoms. The average molecular weight is 380 g/mol. The fourth-order valence-corrected chi connectivity index (χ4v) is 8.41. The van der Waals surface area contributed by atoms with Crippen molar-refractivity contribution in [1.82, 2.24) is 0 Å². The number of benzene rings is 4. The van der Waals surface area contributed by atoms with E-state index in [1.165, 1.54) is 70.7 Å². The Hall–Kier alpha value is -2.17. The van der Waals surface area contributed by atoms with Gasteiger partial charge in [0.1, 0.15) is 0 Å². The van der Waals surface area contributed by atoms with Gasteiger partial charge in [0.25, 0.3) is 0 Å². The number of rotatable bonds is 1. The van der Waals surface area contributed by atoms with Gasteiger partial charge in [-0.2, -0.15) is 0 Å². The molecule has 0 aromatic heterocycles. The molecule has 4 aromatic rings. The summed E-state index contributed by atoms with van der Waals surface area (Å²) in [5.74, 6) is 0. The summed E-state index contributed by atoms with van der Waals surface area (Å²) in [5, 5.41) is 5.56. The van der Waals surface area contributed by atoms with E-state index in [0.717, 1.165) is 5.66 Å². The van der Waals surface area contributed by atoms with Crippen molar-refractivity contribution in [2.24, 2.45) is 0 Å². The molecule has 1 heterocycles. The van der Waals surface area contributed by atoms with E-state index >= 15 is 0 Å². The van der Waals surface area contributed by atoms with Crippen LogP contribution in [0.2, 0.25) is 0 Å². The van der Waals surface area contributed by atoms with Crippen LogP contribution >= 0.6 is 7.92 Å². The van der Waals surface area contributed by atoms with Crippen LogP contribution in [0, 0.1) is 0 Å². The van der Waals surface area contributed by atoms with Gasteiger partial charge in [0.15, 0.2) is 0 Å². The summed E-state index contributed by atoms with van der Waals surface area (Å²) in [6, 6.07) is 28.1. The standard InChI is InChI=1S/C27H25P/c1-2-8-23(7-1)28-17-19-11-13-21-5-3-9-24(26(21)15-19)25-10-4-6-22-14-12-20(18-28)16-27(22)25/h3-6,9-16,23H,1-2,7-8,17-18H2. The zero-order valence-electron chi connectivity index (χ0n) is 16.2. The van der Waals surface area contributed by atoms with Gasteiger partial charge >= 0.3 is 0 Å². The fourth-order valence-electron chi connectivity index (χ4n) is 5.36. The molecule has 1 heteroatoms. The van der Waals surface area contributed by atoms with Crippen molar-refractivity contribution >= 4 is 29.5 Å². The molecule has 0 spiro atoms. The van der Waals surface area contributed by atoms with Crippen LogP contribution in [0.5, 0.6) is 0 Å². The maximum absolute atomic E-state index is 2.50. The summed E-state index contributed by atoms with van der Waals surface area (Å²) in [6.45, 7) is 0. The van der Waals surface area contributed by atoms with Crippen molar-refractivity contribution < 1.29 is 0 Å². The minimum atomic E-state index is -0.00661. The molecule has 0 saturated heterocycles. The Morgan fingerprint density at radius 1 is 0.607 bits per heavy atom. The first-order valence-corrected chi connectivity index (χ1v) is 12.4. The lowest BCUT2D eigenvalue weighted by Crippen LogP contribution is -2.03. The molecule has 1 aliphatic heterocycles. The van der Waals surface area contributed by atoms with E-state index < -0.39 is 0 Å². The van der Waals surface area contributed by atoms with Gasteiger partial charge in [0, 0.05) is 0 Å². The van der Waals surface area contributed by atoms with Crippen LogP contribution in [-0.2, 0) is 12.3 Å². The second kappa shape index (κ2) is 6.71. The lowest BCUT2D eigenvalue weighted by molar-refractivity contribution is 0.883. The van der Waals surface area contributed by atoms with Gasteiger partial charge in [-0.15, -0.1) is 0 Å². The monoisotopic (exact) mass is 380 g/mol. The normalized spacial score (nSPS) is 17.6. The molecule has 0 radical (unpaired) electrons. The predicted molar refractivity (Wildman–Crippen MR) is 123 cm³/mol. The molecule has 0 nitrogen and oxygen atoms in total. The van der Waals surface area contributed by atoms with E-state index in [1.54, 1.807) is 11.1 Å². The van der Waals surface area contributed by atoms with Crippen molar-refractivity contribution in [3.05, 3.63) is 83.9 Å². The van der Waals surface area contributed by atoms with E-state index in [4.69, 9.17) is 0 Å². The van der Waals surface area contributed by atoms with E-state index in [1.807, 2.05) is 0 Å². The highest BCUT2D eigenvalue weighted by Gasteiger charge is 2.25. The van der Waals surface area contributed by atoms with E-state index in [-0.39, 0.29) is 7.92 Å². The Morgan fingerprint density at radius 3 is 1.68 bits per heavy atom. The first-order chi connectivity index (χ1) is 13.8. The van der Waals surface area contributed by atoms with Gasteiger partial charge < -0.3 is 0 Å². The van der Waals surface area contributed by atoms with Crippen LogP contribution in [0.15, 0.2) is 72.8 Å². The quantitative estimate of drug-likeness (QED) is 0.293. The summed E-state index contributed by atoms with van der Waals surface area (Å²) in [7, 11) is -0.00661. The van der Waals surface area contributed by atoms with Crippen LogP contribution in [0.4, 0.5) is 0 Å². The molecule has 1 saturated carbocycles. The van der Waals surface area contributed by atoms with Crippen LogP contribution in [0.3, 0.4) is 0 Å². The third-order valence-electron chi connectivity index (χ3n) is 6.80. The van der Waals surface area contributed by atoms with Crippen LogP contribution in [-0.4, -0.2) is 5.66 Å². The van der Waals surface area contributed by atoms with Crippen LogP contribution in [0.25, 0.3) is 32.7 Å². The molecule has 2 aliphatic rings. The summed E-state index contributed by atoms with van der Waals surface area (Å²) < 4.78 is 0. The smallest absolute Gasteiger partial charge is 0.00674 e. The highest BCUT2D eigenvalue weighted by molar-refractivity contribution is 7.56. The van der Waals surface area contributed by atoms with Crippen molar-refractivity contribution in [2.45, 2.75) is 43.7 Å². The van der Waals surface area contributed by atoms with Gasteiger partial charge in [-0.1, -0.05) is 93.6 Å². The second-order valence-corrected chi connectivity index (χ2v) is 11.1. The second-order valence-electron chi connectivity index (χ2n) is 8.57. The SMILES string of the molecule is c1cc2c3cc(ccc3c1)CP(C1CCCC1)Cc1ccc3cccc-2c3c1. The topological polar surface area (TPSA) is 0 Å². The van der Waals surface area contributed by atoms with Crippen molar-refractivity contribution in [2.75, 3.05) is 0 Å². The van der Waals surface area contributed by atoms with Gasteiger partial charge in [0.05, 0.1) is 0 Å². The Labute approximate surface area is 168 Å². The molecule has 0 unspecified atom stereocenters. The van der Waals surface area contributed by atoms with Crippen LogP contribution in [0.1, 0.15) is 36.8 Å². The Morgan fingerprint density at radius 2 is 1.14 bits per heavy atom. The maximum Gasteiger partial charge on any atom is -0.00674 e. The largest absolute Gasteiger partial charge is 0.0945 e. The molecule has 1 aliphatic carbocycles. The average Bonchev–Trinajstić information content (AvgIpc) is 3.26. The first-order valence-electron chi connectivity index (χ1n) is 10.6. The number of fused-ring (bicyclic) bond motifs is 3. The zero-order chi connectivity index (χ0) is 18.5. The summed E-state index contributed by atoms with van der Waals surface area (Å²) in [4.78, 5) is 0. The van der Waals surface area contributed by atoms with Gasteiger partial charge in [0.2, 0.25) is 0 Å². The summed E-state index contributed by atoms with van der Waals surface area (Å²) in [6.07, 6.45) is 8.32. The summed E-state index contributed by atoms with van der Waals surface area (Å²) in [5.41, 5.74) is 6.80. The minimum absolute atomic E-state index is 0.00661. The molecule has 1 fully saturated rings. The lowest BCUT2D eigenvalue weighted by Gasteiger charge is -2.25.